The third-order valence-corrected chi connectivity index (χ3v) is 7.73. The Morgan fingerprint density at radius 3 is 2.82 bits per heavy atom. The van der Waals surface area contributed by atoms with E-state index >= 15 is 0 Å². The summed E-state index contributed by atoms with van der Waals surface area (Å²) in [7, 11) is 2.19. The predicted octanol–water partition coefficient (Wildman–Crippen LogP) is 2.95. The number of carbonyl (C=O) groups is 1. The van der Waals surface area contributed by atoms with Gasteiger partial charge in [0, 0.05) is 43.2 Å². The van der Waals surface area contributed by atoms with Crippen LogP contribution in [0.1, 0.15) is 52.4 Å². The SMILES string of the molecule is CN1CC2C3CC(N)C[C@@]3(C)CCC2[C@@]2(C)CCC(=O)C=C12. The van der Waals surface area contributed by atoms with Gasteiger partial charge in [-0.05, 0) is 55.3 Å². The molecule has 4 aliphatic rings. The molecule has 22 heavy (non-hydrogen) atoms. The van der Waals surface area contributed by atoms with Gasteiger partial charge in [0.25, 0.3) is 0 Å². The van der Waals surface area contributed by atoms with Crippen molar-refractivity contribution < 1.29 is 4.79 Å². The molecule has 0 bridgehead atoms. The van der Waals surface area contributed by atoms with Crippen LogP contribution in [0.3, 0.4) is 0 Å². The molecular formula is C19H30N2O. The number of allylic oxidation sites excluding steroid dienone is 2. The minimum Gasteiger partial charge on any atom is -0.377 e. The molecule has 2 N–H and O–H groups in total. The molecule has 0 aromatic carbocycles. The van der Waals surface area contributed by atoms with Gasteiger partial charge in [0.2, 0.25) is 0 Å². The topological polar surface area (TPSA) is 46.3 Å². The highest BCUT2D eigenvalue weighted by molar-refractivity contribution is 5.91. The second kappa shape index (κ2) is 4.59. The van der Waals surface area contributed by atoms with Crippen molar-refractivity contribution in [2.45, 2.75) is 58.4 Å². The van der Waals surface area contributed by atoms with Crippen molar-refractivity contribution in [2.24, 2.45) is 34.3 Å². The van der Waals surface area contributed by atoms with Crippen molar-refractivity contribution >= 4 is 5.78 Å². The standard InChI is InChI=1S/C19H30N2O/c1-18-6-5-15-14(16(18)8-12(20)10-18)11-21(3)17-9-13(22)4-7-19(15,17)2/h9,12,14-16H,4-8,10-11,20H2,1-3H3/t12?,14?,15?,16?,18-,19-/m1/s1. The van der Waals surface area contributed by atoms with Crippen molar-refractivity contribution in [3.05, 3.63) is 11.8 Å². The van der Waals surface area contributed by atoms with Crippen LogP contribution in [0, 0.1) is 28.6 Å². The molecule has 0 amide bonds. The summed E-state index contributed by atoms with van der Waals surface area (Å²) < 4.78 is 0. The average molecular weight is 302 g/mol. The van der Waals surface area contributed by atoms with E-state index in [1.54, 1.807) is 0 Å². The van der Waals surface area contributed by atoms with Gasteiger partial charge in [0.15, 0.2) is 5.78 Å². The minimum atomic E-state index is 0.208. The first-order valence-electron chi connectivity index (χ1n) is 9.05. The van der Waals surface area contributed by atoms with Crippen LogP contribution in [-0.4, -0.2) is 30.3 Å². The average Bonchev–Trinajstić information content (AvgIpc) is 2.76. The smallest absolute Gasteiger partial charge is 0.157 e. The number of fused-ring (bicyclic) bond motifs is 5. The van der Waals surface area contributed by atoms with Gasteiger partial charge in [-0.3, -0.25) is 4.79 Å². The molecule has 0 aromatic rings. The van der Waals surface area contributed by atoms with Crippen molar-refractivity contribution in [3.63, 3.8) is 0 Å². The number of hydrogen-bond acceptors (Lipinski definition) is 3. The number of carbonyl (C=O) groups excluding carboxylic acids is 1. The molecule has 0 aromatic heterocycles. The van der Waals surface area contributed by atoms with E-state index in [1.165, 1.54) is 31.4 Å². The fourth-order valence-electron chi connectivity index (χ4n) is 6.69. The highest BCUT2D eigenvalue weighted by atomic mass is 16.1. The van der Waals surface area contributed by atoms with Gasteiger partial charge in [-0.1, -0.05) is 13.8 Å². The summed E-state index contributed by atoms with van der Waals surface area (Å²) in [6, 6.07) is 0.400. The van der Waals surface area contributed by atoms with Crippen LogP contribution in [0.4, 0.5) is 0 Å². The van der Waals surface area contributed by atoms with Crippen molar-refractivity contribution in [3.8, 4) is 0 Å². The van der Waals surface area contributed by atoms with E-state index in [2.05, 4.69) is 25.8 Å². The first-order chi connectivity index (χ1) is 10.3. The molecule has 3 fully saturated rings. The highest BCUT2D eigenvalue weighted by Gasteiger charge is 2.58. The number of ketones is 1. The van der Waals surface area contributed by atoms with Gasteiger partial charge in [0.1, 0.15) is 0 Å². The number of nitrogens with zero attached hydrogens (tertiary/aromatic N) is 1. The molecular weight excluding hydrogens is 272 g/mol. The van der Waals surface area contributed by atoms with E-state index in [0.717, 1.165) is 37.1 Å². The summed E-state index contributed by atoms with van der Waals surface area (Å²) in [5, 5.41) is 0. The second-order valence-electron chi connectivity index (χ2n) is 9.06. The summed E-state index contributed by atoms with van der Waals surface area (Å²) in [6.45, 7) is 6.03. The predicted molar refractivity (Wildman–Crippen MR) is 88.1 cm³/mol. The van der Waals surface area contributed by atoms with Crippen molar-refractivity contribution in [1.29, 1.82) is 0 Å². The fraction of sp³-hybridized carbons (Fsp3) is 0.842. The van der Waals surface area contributed by atoms with E-state index < -0.39 is 0 Å². The molecule has 3 heteroatoms. The minimum absolute atomic E-state index is 0.208. The van der Waals surface area contributed by atoms with E-state index in [-0.39, 0.29) is 5.41 Å². The number of likely N-dealkylation sites (tertiary alicyclic amines) is 1. The molecule has 1 saturated heterocycles. The third-order valence-electron chi connectivity index (χ3n) is 7.73. The molecule has 6 atom stereocenters. The Hall–Kier alpha value is -0.830. The number of rotatable bonds is 0. The monoisotopic (exact) mass is 302 g/mol. The Bertz CT molecular complexity index is 542. The van der Waals surface area contributed by atoms with Crippen LogP contribution in [0.5, 0.6) is 0 Å². The zero-order valence-corrected chi connectivity index (χ0v) is 14.3. The molecule has 1 aliphatic heterocycles. The van der Waals surface area contributed by atoms with Crippen LogP contribution in [-0.2, 0) is 4.79 Å². The molecule has 4 rings (SSSR count). The maximum atomic E-state index is 11.9. The molecule has 0 radical (unpaired) electrons. The summed E-state index contributed by atoms with van der Waals surface area (Å²) >= 11 is 0. The maximum Gasteiger partial charge on any atom is 0.157 e. The molecule has 3 nitrogen and oxygen atoms in total. The van der Waals surface area contributed by atoms with Gasteiger partial charge in [0.05, 0.1) is 0 Å². The zero-order valence-electron chi connectivity index (χ0n) is 14.3. The van der Waals surface area contributed by atoms with Crippen molar-refractivity contribution in [1.82, 2.24) is 4.90 Å². The Morgan fingerprint density at radius 2 is 2.05 bits per heavy atom. The number of piperidine rings is 1. The Kier molecular flexibility index (Phi) is 3.08. The molecule has 3 aliphatic carbocycles. The molecule has 122 valence electrons. The molecule has 1 heterocycles. The lowest BCUT2D eigenvalue weighted by Gasteiger charge is -2.59. The Balaban J connectivity index is 1.72. The molecule has 4 unspecified atom stereocenters. The lowest BCUT2D eigenvalue weighted by molar-refractivity contribution is -0.118. The van der Waals surface area contributed by atoms with Gasteiger partial charge >= 0.3 is 0 Å². The Morgan fingerprint density at radius 1 is 1.27 bits per heavy atom. The van der Waals surface area contributed by atoms with Crippen LogP contribution >= 0.6 is 0 Å². The lowest BCUT2D eigenvalue weighted by Crippen LogP contribution is -2.56. The van der Waals surface area contributed by atoms with E-state index in [4.69, 9.17) is 5.73 Å². The Labute approximate surface area is 134 Å². The summed E-state index contributed by atoms with van der Waals surface area (Å²) in [6.07, 6.45) is 8.79. The maximum absolute atomic E-state index is 11.9. The number of hydrogen-bond donors (Lipinski definition) is 1. The normalized spacial score (nSPS) is 51.0. The van der Waals surface area contributed by atoms with Gasteiger partial charge in [-0.15, -0.1) is 0 Å². The largest absolute Gasteiger partial charge is 0.377 e. The molecule has 0 spiro atoms. The van der Waals surface area contributed by atoms with E-state index in [1.807, 2.05) is 6.08 Å². The van der Waals surface area contributed by atoms with Gasteiger partial charge in [-0.25, -0.2) is 0 Å². The lowest BCUT2D eigenvalue weighted by atomic mass is 9.50. The molecule has 2 saturated carbocycles. The quantitative estimate of drug-likeness (QED) is 0.748. The van der Waals surface area contributed by atoms with E-state index in [0.29, 0.717) is 17.2 Å². The van der Waals surface area contributed by atoms with Crippen LogP contribution in [0.2, 0.25) is 0 Å². The fourth-order valence-corrected chi connectivity index (χ4v) is 6.69. The van der Waals surface area contributed by atoms with Crippen LogP contribution in [0.15, 0.2) is 11.8 Å². The summed E-state index contributed by atoms with van der Waals surface area (Å²) in [5.41, 5.74) is 8.33. The van der Waals surface area contributed by atoms with Gasteiger partial charge < -0.3 is 10.6 Å². The third kappa shape index (κ3) is 1.87. The first kappa shape index (κ1) is 14.7. The second-order valence-corrected chi connectivity index (χ2v) is 9.06. The van der Waals surface area contributed by atoms with Crippen LogP contribution < -0.4 is 5.73 Å². The first-order valence-corrected chi connectivity index (χ1v) is 9.05. The number of nitrogens with two attached hydrogens (primary N) is 1. The van der Waals surface area contributed by atoms with E-state index in [9.17, 15) is 4.79 Å². The summed E-state index contributed by atoms with van der Waals surface area (Å²) in [5.74, 6) is 2.60. The highest BCUT2D eigenvalue weighted by Crippen LogP contribution is 2.63. The van der Waals surface area contributed by atoms with Gasteiger partial charge in [-0.2, -0.15) is 0 Å². The van der Waals surface area contributed by atoms with Crippen molar-refractivity contribution in [2.75, 3.05) is 13.6 Å². The van der Waals surface area contributed by atoms with Crippen LogP contribution in [0.25, 0.3) is 0 Å². The zero-order chi connectivity index (χ0) is 15.7. The summed E-state index contributed by atoms with van der Waals surface area (Å²) in [4.78, 5) is 14.3.